The molecule has 2 aromatic heterocycles. The lowest BCUT2D eigenvalue weighted by Crippen LogP contribution is -2.46. The van der Waals surface area contributed by atoms with E-state index in [1.54, 1.807) is 42.0 Å². The molecule has 3 amide bonds. The molecule has 1 N–H and O–H groups in total. The molecular weight excluding hydrogens is 474 g/mol. The number of nitrogens with zero attached hydrogens (tertiary/aromatic N) is 4. The van der Waals surface area contributed by atoms with Crippen LogP contribution in [-0.2, 0) is 14.3 Å². The van der Waals surface area contributed by atoms with Gasteiger partial charge in [-0.15, -0.1) is 11.3 Å². The summed E-state index contributed by atoms with van der Waals surface area (Å²) in [5.41, 5.74) is 1.61. The van der Waals surface area contributed by atoms with E-state index in [2.05, 4.69) is 15.3 Å². The Hall–Kier alpha value is -4.03. The summed E-state index contributed by atoms with van der Waals surface area (Å²) in [6, 6.07) is 8.70. The van der Waals surface area contributed by atoms with Crippen LogP contribution in [0.25, 0.3) is 10.6 Å². The average molecular weight is 496 g/mol. The number of hydrogen-bond acceptors (Lipinski definition) is 9. The Morgan fingerprint density at radius 1 is 1.09 bits per heavy atom. The second-order valence-electron chi connectivity index (χ2n) is 7.69. The minimum absolute atomic E-state index is 0.141. The fourth-order valence-corrected chi connectivity index (χ4v) is 4.47. The van der Waals surface area contributed by atoms with E-state index < -0.39 is 11.8 Å². The lowest BCUT2D eigenvalue weighted by atomic mass is 10.3. The highest BCUT2D eigenvalue weighted by Gasteiger charge is 2.32. The molecule has 2 aliphatic heterocycles. The predicted octanol–water partition coefficient (Wildman–Crippen LogP) is 2.18. The molecule has 0 saturated carbocycles. The lowest BCUT2D eigenvalue weighted by Gasteiger charge is -2.27. The molecule has 11 nitrogen and oxygen atoms in total. The molecular formula is C23H21N5O6S. The zero-order chi connectivity index (χ0) is 24.2. The van der Waals surface area contributed by atoms with E-state index in [4.69, 9.17) is 14.2 Å². The molecule has 5 rings (SSSR count). The molecule has 1 aromatic carbocycles. The zero-order valence-corrected chi connectivity index (χ0v) is 19.3. The monoisotopic (exact) mass is 495 g/mol. The Morgan fingerprint density at radius 2 is 1.94 bits per heavy atom. The van der Waals surface area contributed by atoms with Crippen molar-refractivity contribution in [3.05, 3.63) is 53.8 Å². The van der Waals surface area contributed by atoms with Gasteiger partial charge < -0.3 is 19.5 Å². The molecule has 1 saturated heterocycles. The van der Waals surface area contributed by atoms with E-state index in [0.29, 0.717) is 41.7 Å². The summed E-state index contributed by atoms with van der Waals surface area (Å²) < 4.78 is 15.8. The van der Waals surface area contributed by atoms with Gasteiger partial charge in [0.25, 0.3) is 11.8 Å². The van der Waals surface area contributed by atoms with Crippen LogP contribution in [0.15, 0.2) is 48.1 Å². The number of carbonyl (C=O) groups is 3. The van der Waals surface area contributed by atoms with Crippen molar-refractivity contribution in [2.75, 3.05) is 38.4 Å². The molecule has 35 heavy (non-hydrogen) atoms. The summed E-state index contributed by atoms with van der Waals surface area (Å²) >= 11 is 1.34. The van der Waals surface area contributed by atoms with Crippen molar-refractivity contribution in [1.82, 2.24) is 20.0 Å². The Bertz CT molecular complexity index is 1250. The fraction of sp³-hybridized carbons (Fsp3) is 0.261. The second kappa shape index (κ2) is 10.1. The third-order valence-electron chi connectivity index (χ3n) is 5.30. The van der Waals surface area contributed by atoms with Gasteiger partial charge >= 0.3 is 0 Å². The van der Waals surface area contributed by atoms with E-state index in [0.717, 1.165) is 5.56 Å². The molecule has 0 spiro atoms. The number of nitrogens with one attached hydrogen (secondary N) is 1. The number of hydrazine groups is 1. The highest BCUT2D eigenvalue weighted by Crippen LogP contribution is 2.34. The van der Waals surface area contributed by atoms with Gasteiger partial charge in [0.05, 0.1) is 0 Å². The Kier molecular flexibility index (Phi) is 6.55. The number of amides is 3. The maximum Gasteiger partial charge on any atom is 0.291 e. The third-order valence-corrected chi connectivity index (χ3v) is 6.19. The number of carbonyl (C=O) groups excluding carboxylic acids is 3. The van der Waals surface area contributed by atoms with Gasteiger partial charge in [-0.1, -0.05) is 0 Å². The first-order valence-electron chi connectivity index (χ1n) is 10.8. The molecule has 0 atom stereocenters. The quantitative estimate of drug-likeness (QED) is 0.529. The van der Waals surface area contributed by atoms with Gasteiger partial charge in [-0.2, -0.15) is 0 Å². The van der Waals surface area contributed by atoms with Gasteiger partial charge in [-0.05, 0) is 30.7 Å². The molecule has 3 aromatic rings. The molecule has 12 heteroatoms. The molecule has 0 aliphatic carbocycles. The number of fused-ring (bicyclic) bond motifs is 1. The summed E-state index contributed by atoms with van der Waals surface area (Å²) in [5.74, 6) is -0.0282. The van der Waals surface area contributed by atoms with E-state index in [9.17, 15) is 14.4 Å². The molecule has 0 radical (unpaired) electrons. The first-order valence-corrected chi connectivity index (χ1v) is 11.7. The standard InChI is InChI=1S/C23H21N5O6S/c29-20(25-16-4-5-18-19(9-16)34-14-33-18)11-32-12-21(30)27-7-2-8-28(27)23(31)17-13-35-22(26-17)15-3-1-6-24-10-15/h1,3-6,9-10,13H,2,7-8,11-12,14H2,(H,25,29). The molecule has 4 heterocycles. The number of thiazole rings is 1. The largest absolute Gasteiger partial charge is 0.454 e. The Balaban J connectivity index is 1.13. The number of rotatable bonds is 7. The first kappa shape index (κ1) is 22.7. The Morgan fingerprint density at radius 3 is 2.80 bits per heavy atom. The van der Waals surface area contributed by atoms with Crippen LogP contribution in [0, 0.1) is 0 Å². The number of ether oxygens (including phenoxy) is 3. The Labute approximate surface area is 204 Å². The van der Waals surface area contributed by atoms with E-state index in [-0.39, 0.29) is 31.6 Å². The number of anilines is 1. The predicted molar refractivity (Wildman–Crippen MR) is 125 cm³/mol. The van der Waals surface area contributed by atoms with Gasteiger partial charge in [0.2, 0.25) is 12.7 Å². The molecule has 1 fully saturated rings. The van der Waals surface area contributed by atoms with Crippen LogP contribution in [0.1, 0.15) is 16.9 Å². The van der Waals surface area contributed by atoms with Crippen LogP contribution in [0.3, 0.4) is 0 Å². The van der Waals surface area contributed by atoms with Crippen LogP contribution in [-0.4, -0.2) is 70.8 Å². The number of pyridine rings is 1. The first-order chi connectivity index (χ1) is 17.1. The van der Waals surface area contributed by atoms with Gasteiger partial charge in [-0.25, -0.2) is 15.0 Å². The van der Waals surface area contributed by atoms with Crippen LogP contribution < -0.4 is 14.8 Å². The molecule has 0 bridgehead atoms. The average Bonchev–Trinajstić information content (AvgIpc) is 3.64. The summed E-state index contributed by atoms with van der Waals surface area (Å²) in [7, 11) is 0. The van der Waals surface area contributed by atoms with Crippen LogP contribution in [0.5, 0.6) is 11.5 Å². The van der Waals surface area contributed by atoms with Crippen molar-refractivity contribution < 1.29 is 28.6 Å². The minimum Gasteiger partial charge on any atom is -0.454 e. The fourth-order valence-electron chi connectivity index (χ4n) is 3.69. The summed E-state index contributed by atoms with van der Waals surface area (Å²) in [6.45, 7) is 0.271. The van der Waals surface area contributed by atoms with Crippen molar-refractivity contribution in [3.63, 3.8) is 0 Å². The smallest absolute Gasteiger partial charge is 0.291 e. The van der Waals surface area contributed by atoms with Crippen molar-refractivity contribution in [2.24, 2.45) is 0 Å². The highest BCUT2D eigenvalue weighted by molar-refractivity contribution is 7.13. The SMILES string of the molecule is O=C(COCC(=O)N1CCCN1C(=O)c1csc(-c2cccnc2)n1)Nc1ccc2c(c1)OCO2. The second-order valence-corrected chi connectivity index (χ2v) is 8.55. The maximum atomic E-state index is 13.0. The van der Waals surface area contributed by atoms with E-state index in [1.807, 2.05) is 6.07 Å². The number of aromatic nitrogens is 2. The summed E-state index contributed by atoms with van der Waals surface area (Å²) in [4.78, 5) is 46.4. The van der Waals surface area contributed by atoms with Gasteiger partial charge in [0, 0.05) is 48.2 Å². The molecule has 2 aliphatic rings. The van der Waals surface area contributed by atoms with Crippen molar-refractivity contribution in [3.8, 4) is 22.1 Å². The highest BCUT2D eigenvalue weighted by atomic mass is 32.1. The third kappa shape index (κ3) is 5.08. The van der Waals surface area contributed by atoms with E-state index >= 15 is 0 Å². The van der Waals surface area contributed by atoms with Gasteiger partial charge in [-0.3, -0.25) is 19.4 Å². The van der Waals surface area contributed by atoms with Gasteiger partial charge in [0.1, 0.15) is 23.9 Å². The lowest BCUT2D eigenvalue weighted by molar-refractivity contribution is -0.146. The van der Waals surface area contributed by atoms with Crippen molar-refractivity contribution in [1.29, 1.82) is 0 Å². The normalized spacial score (nSPS) is 14.3. The van der Waals surface area contributed by atoms with Crippen LogP contribution >= 0.6 is 11.3 Å². The molecule has 180 valence electrons. The summed E-state index contributed by atoms with van der Waals surface area (Å²) in [6.07, 6.45) is 3.99. The summed E-state index contributed by atoms with van der Waals surface area (Å²) in [5, 5.41) is 7.75. The molecule has 0 unspecified atom stereocenters. The van der Waals surface area contributed by atoms with Crippen molar-refractivity contribution in [2.45, 2.75) is 6.42 Å². The zero-order valence-electron chi connectivity index (χ0n) is 18.5. The number of hydrogen-bond donors (Lipinski definition) is 1. The van der Waals surface area contributed by atoms with E-state index in [1.165, 1.54) is 21.4 Å². The van der Waals surface area contributed by atoms with Gasteiger partial charge in [0.15, 0.2) is 11.5 Å². The van der Waals surface area contributed by atoms with Crippen LogP contribution in [0.4, 0.5) is 5.69 Å². The minimum atomic E-state index is -0.420. The number of benzene rings is 1. The topological polar surface area (TPSA) is 123 Å². The van der Waals surface area contributed by atoms with Crippen molar-refractivity contribution >= 4 is 34.7 Å². The maximum absolute atomic E-state index is 13.0. The van der Waals surface area contributed by atoms with Crippen LogP contribution in [0.2, 0.25) is 0 Å².